The van der Waals surface area contributed by atoms with Crippen molar-refractivity contribution in [3.05, 3.63) is 58.1 Å². The number of alkyl halides is 3. The summed E-state index contributed by atoms with van der Waals surface area (Å²) in [5, 5.41) is 2.28. The maximum atomic E-state index is 12.9. The molecule has 0 radical (unpaired) electrons. The summed E-state index contributed by atoms with van der Waals surface area (Å²) in [5.41, 5.74) is -0.897. The summed E-state index contributed by atoms with van der Waals surface area (Å²) in [5.74, 6) is -0.725. The largest absolute Gasteiger partial charge is 0.416 e. The second kappa shape index (κ2) is 8.05. The number of nitrogens with one attached hydrogen (secondary N) is 1. The monoisotopic (exact) mass is 440 g/mol. The number of benzene rings is 2. The highest BCUT2D eigenvalue weighted by Gasteiger charge is 2.34. The van der Waals surface area contributed by atoms with Gasteiger partial charge < -0.3 is 5.32 Å². The number of rotatable bonds is 5. The fourth-order valence-electron chi connectivity index (χ4n) is 2.08. The Morgan fingerprint density at radius 1 is 1.11 bits per heavy atom. The van der Waals surface area contributed by atoms with E-state index in [-0.39, 0.29) is 15.7 Å². The fourth-order valence-corrected chi connectivity index (χ4v) is 3.89. The first-order chi connectivity index (χ1) is 12.4. The van der Waals surface area contributed by atoms with Crippen LogP contribution in [0.1, 0.15) is 5.56 Å². The quantitative estimate of drug-likeness (QED) is 0.754. The Kier molecular flexibility index (Phi) is 6.41. The molecule has 0 aliphatic carbocycles. The number of anilines is 1. The lowest BCUT2D eigenvalue weighted by atomic mass is 10.2. The van der Waals surface area contributed by atoms with Crippen LogP contribution in [0.4, 0.5) is 18.9 Å². The van der Waals surface area contributed by atoms with Crippen LogP contribution in [0.25, 0.3) is 0 Å². The predicted octanol–water partition coefficient (Wildman–Crippen LogP) is 4.27. The number of likely N-dealkylation sites (N-methyl/N-ethyl adjacent to an activating group) is 1. The van der Waals surface area contributed by atoms with Gasteiger partial charge in [-0.2, -0.15) is 17.5 Å². The molecule has 2 rings (SSSR count). The van der Waals surface area contributed by atoms with Gasteiger partial charge in [-0.05, 0) is 30.3 Å². The van der Waals surface area contributed by atoms with Crippen LogP contribution in [0.5, 0.6) is 0 Å². The van der Waals surface area contributed by atoms with Crippen molar-refractivity contribution in [2.75, 3.05) is 18.9 Å². The Morgan fingerprint density at radius 3 is 2.33 bits per heavy atom. The van der Waals surface area contributed by atoms with Gasteiger partial charge in [0.1, 0.15) is 4.90 Å². The van der Waals surface area contributed by atoms with E-state index in [9.17, 15) is 26.4 Å². The van der Waals surface area contributed by atoms with E-state index in [1.807, 2.05) is 0 Å². The summed E-state index contributed by atoms with van der Waals surface area (Å²) in [6.07, 6.45) is -4.74. The SMILES string of the molecule is CN(CC(=O)Nc1ccccc1Cl)S(=O)(=O)c1cc(C(F)(F)F)ccc1Cl. The van der Waals surface area contributed by atoms with Crippen LogP contribution in [0.15, 0.2) is 47.4 Å². The topological polar surface area (TPSA) is 66.5 Å². The van der Waals surface area contributed by atoms with Crippen molar-refractivity contribution >= 4 is 44.8 Å². The molecule has 0 aromatic heterocycles. The summed E-state index contributed by atoms with van der Waals surface area (Å²) < 4.78 is 64.3. The minimum Gasteiger partial charge on any atom is -0.324 e. The van der Waals surface area contributed by atoms with Gasteiger partial charge in [0.15, 0.2) is 0 Å². The summed E-state index contributed by atoms with van der Waals surface area (Å²) in [6, 6.07) is 8.24. The first-order valence-electron chi connectivity index (χ1n) is 7.30. The molecule has 0 aliphatic heterocycles. The highest BCUT2D eigenvalue weighted by molar-refractivity contribution is 7.89. The lowest BCUT2D eigenvalue weighted by Gasteiger charge is -2.19. The van der Waals surface area contributed by atoms with Crippen LogP contribution < -0.4 is 5.32 Å². The molecule has 0 unspecified atom stereocenters. The Morgan fingerprint density at radius 2 is 1.74 bits per heavy atom. The Labute approximate surface area is 163 Å². The molecule has 11 heteroatoms. The molecular weight excluding hydrogens is 428 g/mol. The molecule has 0 spiro atoms. The second-order valence-electron chi connectivity index (χ2n) is 5.43. The molecule has 0 atom stereocenters. The van der Waals surface area contributed by atoms with E-state index >= 15 is 0 Å². The molecule has 146 valence electrons. The molecule has 1 N–H and O–H groups in total. The van der Waals surface area contributed by atoms with E-state index in [0.717, 1.165) is 13.1 Å². The molecular formula is C16H13Cl2F3N2O3S. The van der Waals surface area contributed by atoms with Gasteiger partial charge in [0.2, 0.25) is 15.9 Å². The fraction of sp³-hybridized carbons (Fsp3) is 0.188. The summed E-state index contributed by atoms with van der Waals surface area (Å²) >= 11 is 11.7. The normalized spacial score (nSPS) is 12.3. The zero-order chi connectivity index (χ0) is 20.4. The Hall–Kier alpha value is -1.81. The molecule has 0 fully saturated rings. The molecule has 2 aromatic rings. The Balaban J connectivity index is 2.24. The van der Waals surface area contributed by atoms with E-state index < -0.39 is 39.1 Å². The maximum absolute atomic E-state index is 12.9. The number of nitrogens with zero attached hydrogens (tertiary/aromatic N) is 1. The third-order valence-corrected chi connectivity index (χ3v) is 6.08. The molecule has 0 saturated carbocycles. The van der Waals surface area contributed by atoms with Crippen LogP contribution in [0.3, 0.4) is 0 Å². The van der Waals surface area contributed by atoms with E-state index in [4.69, 9.17) is 23.2 Å². The molecule has 0 heterocycles. The minimum atomic E-state index is -4.74. The number of amides is 1. The lowest BCUT2D eigenvalue weighted by Crippen LogP contribution is -2.35. The van der Waals surface area contributed by atoms with Crippen molar-refractivity contribution in [2.45, 2.75) is 11.1 Å². The van der Waals surface area contributed by atoms with Crippen molar-refractivity contribution in [2.24, 2.45) is 0 Å². The number of halogens is 5. The average Bonchev–Trinajstić information content (AvgIpc) is 2.56. The van der Waals surface area contributed by atoms with Crippen LogP contribution in [0.2, 0.25) is 10.0 Å². The third-order valence-electron chi connectivity index (χ3n) is 3.46. The van der Waals surface area contributed by atoms with Crippen molar-refractivity contribution in [1.29, 1.82) is 0 Å². The van der Waals surface area contributed by atoms with Crippen LogP contribution in [-0.4, -0.2) is 32.2 Å². The van der Waals surface area contributed by atoms with Crippen LogP contribution in [0, 0.1) is 0 Å². The van der Waals surface area contributed by atoms with Crippen molar-refractivity contribution < 1.29 is 26.4 Å². The van der Waals surface area contributed by atoms with E-state index in [0.29, 0.717) is 16.4 Å². The van der Waals surface area contributed by atoms with E-state index in [2.05, 4.69) is 5.32 Å². The van der Waals surface area contributed by atoms with Gasteiger partial charge in [-0.15, -0.1) is 0 Å². The maximum Gasteiger partial charge on any atom is 0.416 e. The van der Waals surface area contributed by atoms with E-state index in [1.165, 1.54) is 12.1 Å². The standard InChI is InChI=1S/C16H13Cl2F3N2O3S/c1-23(9-15(24)22-13-5-3-2-4-11(13)17)27(25,26)14-8-10(16(19,20)21)6-7-12(14)18/h2-8H,9H2,1H3,(H,22,24). The van der Waals surface area contributed by atoms with Gasteiger partial charge in [-0.25, -0.2) is 8.42 Å². The second-order valence-corrected chi connectivity index (χ2v) is 8.26. The van der Waals surface area contributed by atoms with Gasteiger partial charge in [-0.3, -0.25) is 4.79 Å². The number of carbonyl (C=O) groups excluding carboxylic acids is 1. The molecule has 2 aromatic carbocycles. The van der Waals surface area contributed by atoms with Crippen molar-refractivity contribution in [3.63, 3.8) is 0 Å². The molecule has 5 nitrogen and oxygen atoms in total. The summed E-state index contributed by atoms with van der Waals surface area (Å²) in [7, 11) is -3.39. The zero-order valence-electron chi connectivity index (χ0n) is 13.7. The molecule has 27 heavy (non-hydrogen) atoms. The van der Waals surface area contributed by atoms with Gasteiger partial charge in [-0.1, -0.05) is 35.3 Å². The number of carbonyl (C=O) groups is 1. The van der Waals surface area contributed by atoms with Crippen LogP contribution >= 0.6 is 23.2 Å². The number of sulfonamides is 1. The zero-order valence-corrected chi connectivity index (χ0v) is 16.0. The number of hydrogen-bond acceptors (Lipinski definition) is 3. The predicted molar refractivity (Wildman–Crippen MR) is 96.4 cm³/mol. The Bertz CT molecular complexity index is 966. The van der Waals surface area contributed by atoms with Gasteiger partial charge >= 0.3 is 6.18 Å². The van der Waals surface area contributed by atoms with Crippen LogP contribution in [-0.2, 0) is 21.0 Å². The molecule has 1 amide bonds. The van der Waals surface area contributed by atoms with Crippen molar-refractivity contribution in [1.82, 2.24) is 4.31 Å². The highest BCUT2D eigenvalue weighted by atomic mass is 35.5. The van der Waals surface area contributed by atoms with Crippen molar-refractivity contribution in [3.8, 4) is 0 Å². The van der Waals surface area contributed by atoms with Gasteiger partial charge in [0.05, 0.1) is 27.8 Å². The molecule has 0 aliphatic rings. The van der Waals surface area contributed by atoms with E-state index in [1.54, 1.807) is 12.1 Å². The smallest absolute Gasteiger partial charge is 0.324 e. The summed E-state index contributed by atoms with van der Waals surface area (Å²) in [6.45, 7) is -0.653. The lowest BCUT2D eigenvalue weighted by molar-refractivity contribution is -0.137. The van der Waals surface area contributed by atoms with Gasteiger partial charge in [0, 0.05) is 7.05 Å². The molecule has 0 bridgehead atoms. The first kappa shape index (κ1) is 21.5. The third kappa shape index (κ3) is 5.13. The average molecular weight is 441 g/mol. The summed E-state index contributed by atoms with van der Waals surface area (Å²) in [4.78, 5) is 11.3. The van der Waals surface area contributed by atoms with Gasteiger partial charge in [0.25, 0.3) is 0 Å². The highest BCUT2D eigenvalue weighted by Crippen LogP contribution is 2.34. The number of para-hydroxylation sites is 1. The number of hydrogen-bond donors (Lipinski definition) is 1. The first-order valence-corrected chi connectivity index (χ1v) is 9.50. The minimum absolute atomic E-state index is 0.247. The molecule has 0 saturated heterocycles.